The average Bonchev–Trinajstić information content (AvgIpc) is 2.88. The number of nitrogens with zero attached hydrogens (tertiary/aromatic N) is 1. The van der Waals surface area contributed by atoms with Crippen molar-refractivity contribution in [3.05, 3.63) is 15.6 Å². The molecule has 1 aromatic heterocycles. The number of aryl methyl sites for hydroxylation is 2. The van der Waals surface area contributed by atoms with E-state index < -0.39 is 0 Å². The van der Waals surface area contributed by atoms with Crippen molar-refractivity contribution in [3.63, 3.8) is 0 Å². The van der Waals surface area contributed by atoms with E-state index in [1.54, 1.807) is 0 Å². The quantitative estimate of drug-likeness (QED) is 0.823. The zero-order chi connectivity index (χ0) is 15.7. The summed E-state index contributed by atoms with van der Waals surface area (Å²) in [6.45, 7) is 11.6. The molecule has 0 atom stereocenters. The SMILES string of the molecule is CCc1nc(C2(NC)CCC(C(C)(C)CC)CC2)sc1C. The lowest BCUT2D eigenvalue weighted by atomic mass is 9.65. The predicted molar refractivity (Wildman–Crippen MR) is 93.0 cm³/mol. The zero-order valence-electron chi connectivity index (χ0n) is 14.7. The van der Waals surface area contributed by atoms with Crippen LogP contribution in [0.3, 0.4) is 0 Å². The van der Waals surface area contributed by atoms with Gasteiger partial charge in [0.15, 0.2) is 0 Å². The van der Waals surface area contributed by atoms with Crippen LogP contribution in [0.2, 0.25) is 0 Å². The fourth-order valence-electron chi connectivity index (χ4n) is 3.71. The maximum Gasteiger partial charge on any atom is 0.113 e. The standard InChI is InChI=1S/C18H32N2S/c1-7-15-13(3)21-16(20-15)18(19-6)11-9-14(10-12-18)17(4,5)8-2/h14,19H,7-12H2,1-6H3. The predicted octanol–water partition coefficient (Wildman–Crippen LogP) is 5.06. The second-order valence-corrected chi connectivity index (χ2v) is 8.53. The second-order valence-electron chi connectivity index (χ2n) is 7.32. The van der Waals surface area contributed by atoms with Gasteiger partial charge in [-0.25, -0.2) is 4.98 Å². The first-order chi connectivity index (χ1) is 9.88. The Balaban J connectivity index is 2.18. The van der Waals surface area contributed by atoms with Crippen molar-refractivity contribution in [2.45, 2.75) is 78.7 Å². The smallest absolute Gasteiger partial charge is 0.113 e. The van der Waals surface area contributed by atoms with Gasteiger partial charge < -0.3 is 5.32 Å². The maximum atomic E-state index is 4.96. The Bertz CT molecular complexity index is 468. The third-order valence-electron chi connectivity index (χ3n) is 5.97. The third kappa shape index (κ3) is 3.19. The first-order valence-electron chi connectivity index (χ1n) is 8.54. The van der Waals surface area contributed by atoms with Gasteiger partial charge in [-0.2, -0.15) is 0 Å². The molecule has 120 valence electrons. The molecule has 0 aliphatic heterocycles. The summed E-state index contributed by atoms with van der Waals surface area (Å²) in [5, 5.41) is 4.96. The Morgan fingerprint density at radius 1 is 1.29 bits per heavy atom. The van der Waals surface area contributed by atoms with Crippen LogP contribution in [-0.4, -0.2) is 12.0 Å². The van der Waals surface area contributed by atoms with Crippen LogP contribution >= 0.6 is 11.3 Å². The highest BCUT2D eigenvalue weighted by Gasteiger charge is 2.41. The number of aromatic nitrogens is 1. The van der Waals surface area contributed by atoms with Gasteiger partial charge in [0.25, 0.3) is 0 Å². The molecule has 1 aromatic rings. The molecule has 1 saturated carbocycles. The molecule has 3 heteroatoms. The van der Waals surface area contributed by atoms with Gasteiger partial charge in [0.05, 0.1) is 11.2 Å². The van der Waals surface area contributed by atoms with Gasteiger partial charge in [-0.15, -0.1) is 11.3 Å². The Hall–Kier alpha value is -0.410. The highest BCUT2D eigenvalue weighted by atomic mass is 32.1. The van der Waals surface area contributed by atoms with Crippen LogP contribution < -0.4 is 5.32 Å². The van der Waals surface area contributed by atoms with Gasteiger partial charge in [-0.05, 0) is 57.4 Å². The molecule has 1 heterocycles. The zero-order valence-corrected chi connectivity index (χ0v) is 15.5. The van der Waals surface area contributed by atoms with Crippen LogP contribution in [0.1, 0.15) is 75.4 Å². The van der Waals surface area contributed by atoms with E-state index in [0.717, 1.165) is 12.3 Å². The molecule has 0 bridgehead atoms. The Kier molecular flexibility index (Phi) is 5.15. The molecular weight excluding hydrogens is 276 g/mol. The van der Waals surface area contributed by atoms with Gasteiger partial charge in [0, 0.05) is 4.88 Å². The van der Waals surface area contributed by atoms with Gasteiger partial charge in [0.1, 0.15) is 5.01 Å². The Morgan fingerprint density at radius 3 is 2.33 bits per heavy atom. The van der Waals surface area contributed by atoms with Gasteiger partial charge in [-0.1, -0.05) is 34.1 Å². The third-order valence-corrected chi connectivity index (χ3v) is 7.19. The van der Waals surface area contributed by atoms with E-state index in [0.29, 0.717) is 5.41 Å². The van der Waals surface area contributed by atoms with E-state index in [-0.39, 0.29) is 5.54 Å². The van der Waals surface area contributed by atoms with Crippen molar-refractivity contribution in [3.8, 4) is 0 Å². The molecular formula is C18H32N2S. The second kappa shape index (κ2) is 6.37. The highest BCUT2D eigenvalue weighted by molar-refractivity contribution is 7.11. The van der Waals surface area contributed by atoms with E-state index in [9.17, 15) is 0 Å². The Labute approximate surface area is 134 Å². The van der Waals surface area contributed by atoms with E-state index >= 15 is 0 Å². The van der Waals surface area contributed by atoms with Crippen LogP contribution in [0.25, 0.3) is 0 Å². The van der Waals surface area contributed by atoms with Gasteiger partial charge in [-0.3, -0.25) is 0 Å². The van der Waals surface area contributed by atoms with Gasteiger partial charge in [0.2, 0.25) is 0 Å². The monoisotopic (exact) mass is 308 g/mol. The molecule has 1 N–H and O–H groups in total. The molecule has 1 aliphatic rings. The molecule has 0 radical (unpaired) electrons. The van der Waals surface area contributed by atoms with Crippen molar-refractivity contribution >= 4 is 11.3 Å². The molecule has 2 nitrogen and oxygen atoms in total. The number of rotatable bonds is 5. The number of hydrogen-bond acceptors (Lipinski definition) is 3. The molecule has 21 heavy (non-hydrogen) atoms. The number of hydrogen-bond donors (Lipinski definition) is 1. The minimum Gasteiger partial charge on any atom is -0.308 e. The lowest BCUT2D eigenvalue weighted by molar-refractivity contribution is 0.101. The molecule has 0 aromatic carbocycles. The minimum absolute atomic E-state index is 0.128. The molecule has 0 unspecified atom stereocenters. The summed E-state index contributed by atoms with van der Waals surface area (Å²) in [7, 11) is 2.12. The van der Waals surface area contributed by atoms with Crippen molar-refractivity contribution in [2.75, 3.05) is 7.05 Å². The summed E-state index contributed by atoms with van der Waals surface area (Å²) in [4.78, 5) is 6.36. The fourth-order valence-corrected chi connectivity index (χ4v) is 4.97. The molecule has 1 aliphatic carbocycles. The molecule has 0 spiro atoms. The number of thiazole rings is 1. The van der Waals surface area contributed by atoms with Crippen LogP contribution in [0.4, 0.5) is 0 Å². The lowest BCUT2D eigenvalue weighted by Gasteiger charge is -2.44. The van der Waals surface area contributed by atoms with Crippen LogP contribution in [0.15, 0.2) is 0 Å². The lowest BCUT2D eigenvalue weighted by Crippen LogP contribution is -2.45. The van der Waals surface area contributed by atoms with Gasteiger partial charge >= 0.3 is 0 Å². The van der Waals surface area contributed by atoms with E-state index in [2.05, 4.69) is 47.0 Å². The first-order valence-corrected chi connectivity index (χ1v) is 9.36. The van der Waals surface area contributed by atoms with E-state index in [1.807, 2.05) is 11.3 Å². The first kappa shape index (κ1) is 17.0. The van der Waals surface area contributed by atoms with E-state index in [1.165, 1.54) is 47.7 Å². The van der Waals surface area contributed by atoms with Crippen molar-refractivity contribution in [1.29, 1.82) is 0 Å². The largest absolute Gasteiger partial charge is 0.308 e. The summed E-state index contributed by atoms with van der Waals surface area (Å²) in [5.41, 5.74) is 1.90. The summed E-state index contributed by atoms with van der Waals surface area (Å²) in [6.07, 6.45) is 7.43. The minimum atomic E-state index is 0.128. The summed E-state index contributed by atoms with van der Waals surface area (Å²) < 4.78 is 0. The summed E-state index contributed by atoms with van der Waals surface area (Å²) in [5.74, 6) is 0.857. The average molecular weight is 309 g/mol. The topological polar surface area (TPSA) is 24.9 Å². The molecule has 0 saturated heterocycles. The van der Waals surface area contributed by atoms with Crippen LogP contribution in [0, 0.1) is 18.3 Å². The molecule has 2 rings (SSSR count). The highest BCUT2D eigenvalue weighted by Crippen LogP contribution is 2.47. The summed E-state index contributed by atoms with van der Waals surface area (Å²) in [6, 6.07) is 0. The van der Waals surface area contributed by atoms with Crippen molar-refractivity contribution in [2.24, 2.45) is 11.3 Å². The van der Waals surface area contributed by atoms with Crippen molar-refractivity contribution in [1.82, 2.24) is 10.3 Å². The van der Waals surface area contributed by atoms with Crippen LogP contribution in [0.5, 0.6) is 0 Å². The van der Waals surface area contributed by atoms with Crippen LogP contribution in [-0.2, 0) is 12.0 Å². The molecule has 1 fully saturated rings. The van der Waals surface area contributed by atoms with E-state index in [4.69, 9.17) is 4.98 Å². The normalized spacial score (nSPS) is 27.0. The Morgan fingerprint density at radius 2 is 1.90 bits per heavy atom. The number of nitrogens with one attached hydrogen (secondary N) is 1. The summed E-state index contributed by atoms with van der Waals surface area (Å²) >= 11 is 1.91. The maximum absolute atomic E-state index is 4.96. The van der Waals surface area contributed by atoms with Crippen molar-refractivity contribution < 1.29 is 0 Å². The fraction of sp³-hybridized carbons (Fsp3) is 0.833. The molecule has 0 amide bonds.